The van der Waals surface area contributed by atoms with E-state index in [0.717, 1.165) is 5.56 Å². The van der Waals surface area contributed by atoms with Gasteiger partial charge in [0.15, 0.2) is 0 Å². The third-order valence-corrected chi connectivity index (χ3v) is 4.07. The predicted molar refractivity (Wildman–Crippen MR) is 83.2 cm³/mol. The van der Waals surface area contributed by atoms with Crippen molar-refractivity contribution >= 4 is 33.4 Å². The fourth-order valence-electron chi connectivity index (χ4n) is 2.42. The number of ether oxygens (including phenoxy) is 1. The van der Waals surface area contributed by atoms with Gasteiger partial charge in [-0.15, -0.1) is 0 Å². The Kier molecular flexibility index (Phi) is 3.51. The number of nitrogens with zero attached hydrogens (tertiary/aromatic N) is 1. The summed E-state index contributed by atoms with van der Waals surface area (Å²) in [5.41, 5.74) is 2.29. The summed E-state index contributed by atoms with van der Waals surface area (Å²) in [5.74, 6) is 0.107. The molecule has 1 heterocycles. The monoisotopic (exact) mass is 345 g/mol. The van der Waals surface area contributed by atoms with Crippen LogP contribution in [0, 0.1) is 0 Å². The smallest absolute Gasteiger partial charge is 0.266 e. The second kappa shape index (κ2) is 5.33. The molecule has 0 aliphatic carbocycles. The molecule has 2 amide bonds. The van der Waals surface area contributed by atoms with Crippen LogP contribution in [0.5, 0.6) is 5.75 Å². The Bertz CT molecular complexity index is 707. The van der Waals surface area contributed by atoms with Crippen molar-refractivity contribution in [1.82, 2.24) is 0 Å². The number of hydrogen-bond acceptors (Lipinski definition) is 3. The molecule has 0 spiro atoms. The average Bonchev–Trinajstić information content (AvgIpc) is 2.79. The summed E-state index contributed by atoms with van der Waals surface area (Å²) in [6.07, 6.45) is 0. The van der Waals surface area contributed by atoms with Gasteiger partial charge in [-0.05, 0) is 35.9 Å². The van der Waals surface area contributed by atoms with Crippen LogP contribution in [0.2, 0.25) is 0 Å². The first kappa shape index (κ1) is 13.8. The minimum atomic E-state index is -0.289. The molecule has 0 saturated carbocycles. The Morgan fingerprint density at radius 3 is 2.19 bits per heavy atom. The van der Waals surface area contributed by atoms with Gasteiger partial charge in [0.25, 0.3) is 11.8 Å². The van der Waals surface area contributed by atoms with Gasteiger partial charge in [0, 0.05) is 5.33 Å². The third kappa shape index (κ3) is 2.14. The van der Waals surface area contributed by atoms with E-state index in [9.17, 15) is 9.59 Å². The molecule has 1 aliphatic rings. The summed E-state index contributed by atoms with van der Waals surface area (Å²) in [4.78, 5) is 26.2. The molecule has 4 nitrogen and oxygen atoms in total. The number of anilines is 1. The van der Waals surface area contributed by atoms with Crippen molar-refractivity contribution < 1.29 is 14.3 Å². The Hall–Kier alpha value is -2.14. The van der Waals surface area contributed by atoms with Crippen LogP contribution in [0.1, 0.15) is 26.3 Å². The first-order chi connectivity index (χ1) is 10.2. The lowest BCUT2D eigenvalue weighted by Crippen LogP contribution is -2.30. The van der Waals surface area contributed by atoms with E-state index in [2.05, 4.69) is 15.9 Å². The van der Waals surface area contributed by atoms with Crippen LogP contribution >= 0.6 is 15.9 Å². The highest BCUT2D eigenvalue weighted by atomic mass is 79.9. The molecule has 2 aromatic carbocycles. The van der Waals surface area contributed by atoms with Gasteiger partial charge in [-0.1, -0.05) is 28.1 Å². The highest BCUT2D eigenvalue weighted by Gasteiger charge is 2.37. The van der Waals surface area contributed by atoms with Gasteiger partial charge < -0.3 is 4.74 Å². The fraction of sp³-hybridized carbons (Fsp3) is 0.125. The predicted octanol–water partition coefficient (Wildman–Crippen LogP) is 3.39. The van der Waals surface area contributed by atoms with Crippen LogP contribution in [-0.2, 0) is 5.33 Å². The standard InChI is InChI=1S/C16H12BrNO3/c1-21-11-6-7-14(10(8-11)9-17)18-15(19)12-4-2-3-5-13(12)16(18)20/h2-8H,9H2,1H3. The maximum absolute atomic E-state index is 12.5. The maximum atomic E-state index is 12.5. The fourth-order valence-corrected chi connectivity index (χ4v) is 2.87. The van der Waals surface area contributed by atoms with Crippen LogP contribution in [0.3, 0.4) is 0 Å². The number of halogens is 1. The van der Waals surface area contributed by atoms with E-state index in [4.69, 9.17) is 4.74 Å². The van der Waals surface area contributed by atoms with Crippen LogP contribution in [-0.4, -0.2) is 18.9 Å². The number of rotatable bonds is 3. The number of alkyl halides is 1. The van der Waals surface area contributed by atoms with Crippen molar-refractivity contribution in [2.75, 3.05) is 12.0 Å². The molecule has 3 rings (SSSR count). The zero-order valence-corrected chi connectivity index (χ0v) is 12.9. The van der Waals surface area contributed by atoms with Crippen molar-refractivity contribution in [3.8, 4) is 5.75 Å². The minimum Gasteiger partial charge on any atom is -0.497 e. The average molecular weight is 346 g/mol. The van der Waals surface area contributed by atoms with Crippen LogP contribution in [0.25, 0.3) is 0 Å². The molecule has 106 valence electrons. The molecule has 21 heavy (non-hydrogen) atoms. The van der Waals surface area contributed by atoms with Gasteiger partial charge in [-0.25, -0.2) is 4.90 Å². The van der Waals surface area contributed by atoms with Crippen molar-refractivity contribution in [2.45, 2.75) is 5.33 Å². The Morgan fingerprint density at radius 1 is 1.05 bits per heavy atom. The lowest BCUT2D eigenvalue weighted by Gasteiger charge is -2.18. The molecular formula is C16H12BrNO3. The lowest BCUT2D eigenvalue weighted by molar-refractivity contribution is 0.0926. The summed E-state index contributed by atoms with van der Waals surface area (Å²) in [6, 6.07) is 12.1. The zero-order chi connectivity index (χ0) is 15.0. The number of fused-ring (bicyclic) bond motifs is 1. The molecule has 0 atom stereocenters. The van der Waals surface area contributed by atoms with Crippen molar-refractivity contribution in [2.24, 2.45) is 0 Å². The summed E-state index contributed by atoms with van der Waals surface area (Å²) in [6.45, 7) is 0. The Morgan fingerprint density at radius 2 is 1.67 bits per heavy atom. The highest BCUT2D eigenvalue weighted by molar-refractivity contribution is 9.08. The summed E-state index contributed by atoms with van der Waals surface area (Å²) in [5, 5.41) is 0.521. The van der Waals surface area contributed by atoms with Gasteiger partial charge in [0.05, 0.1) is 23.9 Å². The van der Waals surface area contributed by atoms with Crippen molar-refractivity contribution in [3.05, 3.63) is 59.2 Å². The van der Waals surface area contributed by atoms with Gasteiger partial charge in [0.1, 0.15) is 5.75 Å². The summed E-state index contributed by atoms with van der Waals surface area (Å²) in [7, 11) is 1.58. The molecule has 0 N–H and O–H groups in total. The SMILES string of the molecule is COc1ccc(N2C(=O)c3ccccc3C2=O)c(CBr)c1. The third-order valence-electron chi connectivity index (χ3n) is 3.47. The number of carbonyl (C=O) groups is 2. The molecule has 5 heteroatoms. The van der Waals surface area contributed by atoms with E-state index in [1.807, 2.05) is 6.07 Å². The molecule has 1 aliphatic heterocycles. The van der Waals surface area contributed by atoms with Crippen molar-refractivity contribution in [1.29, 1.82) is 0 Å². The summed E-state index contributed by atoms with van der Waals surface area (Å²) < 4.78 is 5.18. The normalized spacial score (nSPS) is 13.5. The van der Waals surface area contributed by atoms with E-state index in [-0.39, 0.29) is 11.8 Å². The summed E-state index contributed by atoms with van der Waals surface area (Å²) >= 11 is 3.39. The van der Waals surface area contributed by atoms with Crippen LogP contribution < -0.4 is 9.64 Å². The zero-order valence-electron chi connectivity index (χ0n) is 11.3. The minimum absolute atomic E-state index is 0.289. The van der Waals surface area contributed by atoms with Crippen molar-refractivity contribution in [3.63, 3.8) is 0 Å². The molecule has 0 saturated heterocycles. The molecule has 0 fully saturated rings. The second-order valence-electron chi connectivity index (χ2n) is 4.62. The topological polar surface area (TPSA) is 46.6 Å². The molecular weight excluding hydrogens is 334 g/mol. The largest absolute Gasteiger partial charge is 0.497 e. The van der Waals surface area contributed by atoms with Crippen LogP contribution in [0.15, 0.2) is 42.5 Å². The van der Waals surface area contributed by atoms with E-state index in [0.29, 0.717) is 27.9 Å². The first-order valence-corrected chi connectivity index (χ1v) is 7.50. The number of imide groups is 1. The quantitative estimate of drug-likeness (QED) is 0.632. The van der Waals surface area contributed by atoms with Gasteiger partial charge in [-0.2, -0.15) is 0 Å². The second-order valence-corrected chi connectivity index (χ2v) is 5.18. The van der Waals surface area contributed by atoms with E-state index in [1.165, 1.54) is 4.90 Å². The number of carbonyl (C=O) groups excluding carboxylic acids is 2. The molecule has 2 aromatic rings. The number of methoxy groups -OCH3 is 1. The Balaban J connectivity index is 2.11. The molecule has 0 bridgehead atoms. The van der Waals surface area contributed by atoms with E-state index in [1.54, 1.807) is 43.5 Å². The maximum Gasteiger partial charge on any atom is 0.266 e. The van der Waals surface area contributed by atoms with Gasteiger partial charge in [0.2, 0.25) is 0 Å². The highest BCUT2D eigenvalue weighted by Crippen LogP contribution is 2.33. The first-order valence-electron chi connectivity index (χ1n) is 6.38. The van der Waals surface area contributed by atoms with Crippen LogP contribution in [0.4, 0.5) is 5.69 Å². The number of benzene rings is 2. The lowest BCUT2D eigenvalue weighted by atomic mass is 10.1. The van der Waals surface area contributed by atoms with E-state index < -0.39 is 0 Å². The molecule has 0 aromatic heterocycles. The molecule has 0 radical (unpaired) electrons. The van der Waals surface area contributed by atoms with Gasteiger partial charge >= 0.3 is 0 Å². The van der Waals surface area contributed by atoms with Gasteiger partial charge in [-0.3, -0.25) is 9.59 Å². The van der Waals surface area contributed by atoms with E-state index >= 15 is 0 Å². The Labute approximate surface area is 130 Å². The molecule has 0 unspecified atom stereocenters. The number of amides is 2. The number of hydrogen-bond donors (Lipinski definition) is 0.